The number of rotatable bonds is 3. The van der Waals surface area contributed by atoms with Crippen molar-refractivity contribution >= 4 is 5.91 Å². The molecule has 0 spiro atoms. The Labute approximate surface area is 92.9 Å². The largest absolute Gasteiger partial charge is 0.330 e. The average molecular weight is 216 g/mol. The Bertz CT molecular complexity index is 478. The lowest BCUT2D eigenvalue weighted by Gasteiger charge is -2.05. The van der Waals surface area contributed by atoms with E-state index in [0.717, 1.165) is 5.69 Å². The van der Waals surface area contributed by atoms with Crippen LogP contribution < -0.4 is 5.73 Å². The summed E-state index contributed by atoms with van der Waals surface area (Å²) in [5, 5.41) is 0. The monoisotopic (exact) mass is 216 g/mol. The summed E-state index contributed by atoms with van der Waals surface area (Å²) in [4.78, 5) is 19.9. The maximum atomic E-state index is 12.1. The third kappa shape index (κ3) is 1.99. The summed E-state index contributed by atoms with van der Waals surface area (Å²) in [6, 6.07) is 3.35. The van der Waals surface area contributed by atoms with Gasteiger partial charge in [0.15, 0.2) is 0 Å². The van der Waals surface area contributed by atoms with E-state index >= 15 is 0 Å². The van der Waals surface area contributed by atoms with Crippen molar-refractivity contribution in [3.05, 3.63) is 48.3 Å². The van der Waals surface area contributed by atoms with Crippen molar-refractivity contribution < 1.29 is 4.79 Å². The van der Waals surface area contributed by atoms with Gasteiger partial charge in [-0.25, -0.2) is 4.98 Å². The van der Waals surface area contributed by atoms with Crippen LogP contribution in [0.2, 0.25) is 0 Å². The fraction of sp³-hybridized carbons (Fsp3) is 0.182. The summed E-state index contributed by atoms with van der Waals surface area (Å²) in [7, 11) is 0. The van der Waals surface area contributed by atoms with E-state index in [1.807, 2.05) is 0 Å². The second-order valence-electron chi connectivity index (χ2n) is 3.33. The summed E-state index contributed by atoms with van der Waals surface area (Å²) in [6.45, 7) is 0.495. The first-order chi connectivity index (χ1) is 7.83. The van der Waals surface area contributed by atoms with Crippen LogP contribution in [0.4, 0.5) is 0 Å². The minimum absolute atomic E-state index is 0.108. The fourth-order valence-electron chi connectivity index (χ4n) is 1.47. The molecule has 0 aliphatic carbocycles. The van der Waals surface area contributed by atoms with E-state index in [0.29, 0.717) is 18.5 Å². The highest BCUT2D eigenvalue weighted by molar-refractivity contribution is 5.96. The van der Waals surface area contributed by atoms with Crippen LogP contribution in [0.25, 0.3) is 0 Å². The molecule has 0 amide bonds. The molecule has 2 aromatic rings. The summed E-state index contributed by atoms with van der Waals surface area (Å²) in [5.41, 5.74) is 6.88. The molecule has 2 aromatic heterocycles. The zero-order valence-corrected chi connectivity index (χ0v) is 8.71. The third-order valence-corrected chi connectivity index (χ3v) is 2.26. The molecular weight excluding hydrogens is 204 g/mol. The van der Waals surface area contributed by atoms with E-state index < -0.39 is 0 Å². The number of hydrogen-bond acceptors (Lipinski definition) is 4. The highest BCUT2D eigenvalue weighted by Crippen LogP contribution is 2.05. The Morgan fingerprint density at radius 2 is 2.06 bits per heavy atom. The molecule has 0 aromatic carbocycles. The lowest BCUT2D eigenvalue weighted by molar-refractivity contribution is 0.0957. The van der Waals surface area contributed by atoms with Crippen molar-refractivity contribution in [3.8, 4) is 0 Å². The van der Waals surface area contributed by atoms with E-state index in [2.05, 4.69) is 9.97 Å². The van der Waals surface area contributed by atoms with E-state index in [-0.39, 0.29) is 5.91 Å². The van der Waals surface area contributed by atoms with Crippen molar-refractivity contribution in [1.82, 2.24) is 14.5 Å². The van der Waals surface area contributed by atoms with Crippen LogP contribution in [0.15, 0.2) is 37.1 Å². The van der Waals surface area contributed by atoms with Crippen LogP contribution in [0, 0.1) is 0 Å². The standard InChI is InChI=1S/C11H12N4O/c12-4-1-10-7-14-8-15(10)11(16)9-2-5-13-6-3-9/h2-3,5-8H,1,4,12H2. The first-order valence-corrected chi connectivity index (χ1v) is 4.99. The highest BCUT2D eigenvalue weighted by Gasteiger charge is 2.11. The smallest absolute Gasteiger partial charge is 0.263 e. The molecule has 0 fully saturated rings. The molecule has 5 nitrogen and oxygen atoms in total. The van der Waals surface area contributed by atoms with Gasteiger partial charge in [-0.2, -0.15) is 0 Å². The molecule has 0 atom stereocenters. The zero-order chi connectivity index (χ0) is 11.4. The van der Waals surface area contributed by atoms with Gasteiger partial charge < -0.3 is 5.73 Å². The maximum Gasteiger partial charge on any atom is 0.263 e. The minimum Gasteiger partial charge on any atom is -0.330 e. The van der Waals surface area contributed by atoms with Gasteiger partial charge in [0.25, 0.3) is 5.91 Å². The predicted molar refractivity (Wildman–Crippen MR) is 59.0 cm³/mol. The van der Waals surface area contributed by atoms with Gasteiger partial charge >= 0.3 is 0 Å². The van der Waals surface area contributed by atoms with E-state index in [1.54, 1.807) is 30.7 Å². The van der Waals surface area contributed by atoms with Gasteiger partial charge in [-0.05, 0) is 18.7 Å². The minimum atomic E-state index is -0.108. The number of carbonyl (C=O) groups is 1. The van der Waals surface area contributed by atoms with Crippen molar-refractivity contribution in [1.29, 1.82) is 0 Å². The summed E-state index contributed by atoms with van der Waals surface area (Å²) in [6.07, 6.45) is 6.98. The van der Waals surface area contributed by atoms with Crippen LogP contribution in [0.5, 0.6) is 0 Å². The van der Waals surface area contributed by atoms with Gasteiger partial charge in [-0.3, -0.25) is 14.3 Å². The molecule has 5 heteroatoms. The molecule has 0 aliphatic heterocycles. The molecule has 2 N–H and O–H groups in total. The van der Waals surface area contributed by atoms with Crippen molar-refractivity contribution in [2.75, 3.05) is 6.54 Å². The van der Waals surface area contributed by atoms with Crippen LogP contribution in [0.3, 0.4) is 0 Å². The lowest BCUT2D eigenvalue weighted by atomic mass is 10.2. The summed E-state index contributed by atoms with van der Waals surface area (Å²) >= 11 is 0. The van der Waals surface area contributed by atoms with Crippen LogP contribution in [-0.2, 0) is 6.42 Å². The number of imidazole rings is 1. The zero-order valence-electron chi connectivity index (χ0n) is 8.71. The van der Waals surface area contributed by atoms with Crippen molar-refractivity contribution in [3.63, 3.8) is 0 Å². The molecule has 0 saturated heterocycles. The molecule has 0 aliphatic rings. The third-order valence-electron chi connectivity index (χ3n) is 2.26. The Balaban J connectivity index is 2.31. The fourth-order valence-corrected chi connectivity index (χ4v) is 1.47. The van der Waals surface area contributed by atoms with E-state index in [1.165, 1.54) is 10.9 Å². The SMILES string of the molecule is NCCc1cncn1C(=O)c1ccncc1. The van der Waals surface area contributed by atoms with Crippen molar-refractivity contribution in [2.24, 2.45) is 5.73 Å². The van der Waals surface area contributed by atoms with E-state index in [9.17, 15) is 4.79 Å². The number of hydrogen-bond donors (Lipinski definition) is 1. The number of nitrogens with zero attached hydrogens (tertiary/aromatic N) is 3. The van der Waals surface area contributed by atoms with Crippen LogP contribution >= 0.6 is 0 Å². The molecule has 0 radical (unpaired) electrons. The quantitative estimate of drug-likeness (QED) is 0.809. The molecule has 82 valence electrons. The molecule has 0 bridgehead atoms. The van der Waals surface area contributed by atoms with Gasteiger partial charge in [0.05, 0.1) is 0 Å². The van der Waals surface area contributed by atoms with Gasteiger partial charge in [-0.15, -0.1) is 0 Å². The molecule has 0 unspecified atom stereocenters. The summed E-state index contributed by atoms with van der Waals surface area (Å²) in [5.74, 6) is -0.108. The summed E-state index contributed by atoms with van der Waals surface area (Å²) < 4.78 is 1.52. The molecule has 2 rings (SSSR count). The van der Waals surface area contributed by atoms with Crippen LogP contribution in [-0.4, -0.2) is 27.0 Å². The highest BCUT2D eigenvalue weighted by atomic mass is 16.2. The topological polar surface area (TPSA) is 73.8 Å². The average Bonchev–Trinajstić information content (AvgIpc) is 2.78. The predicted octanol–water partition coefficient (Wildman–Crippen LogP) is 0.468. The van der Waals surface area contributed by atoms with Gasteiger partial charge in [0.2, 0.25) is 0 Å². The van der Waals surface area contributed by atoms with Crippen LogP contribution in [0.1, 0.15) is 16.1 Å². The number of aromatic nitrogens is 3. The number of pyridine rings is 1. The second kappa shape index (κ2) is 4.67. The molecular formula is C11H12N4O. The van der Waals surface area contributed by atoms with Gasteiger partial charge in [0.1, 0.15) is 6.33 Å². The number of carbonyl (C=O) groups excluding carboxylic acids is 1. The Morgan fingerprint density at radius 1 is 1.31 bits per heavy atom. The molecule has 2 heterocycles. The molecule has 0 saturated carbocycles. The Kier molecular flexibility index (Phi) is 3.07. The van der Waals surface area contributed by atoms with Gasteiger partial charge in [0, 0.05) is 36.3 Å². The first kappa shape index (κ1) is 10.5. The van der Waals surface area contributed by atoms with Crippen molar-refractivity contribution in [2.45, 2.75) is 6.42 Å². The van der Waals surface area contributed by atoms with E-state index in [4.69, 9.17) is 5.73 Å². The van der Waals surface area contributed by atoms with Gasteiger partial charge in [-0.1, -0.05) is 0 Å². The maximum absolute atomic E-state index is 12.1. The second-order valence-corrected chi connectivity index (χ2v) is 3.33. The Hall–Kier alpha value is -2.01. The first-order valence-electron chi connectivity index (χ1n) is 4.99. The Morgan fingerprint density at radius 3 is 2.75 bits per heavy atom. The molecule has 16 heavy (non-hydrogen) atoms. The lowest BCUT2D eigenvalue weighted by Crippen LogP contribution is -2.16. The number of nitrogens with two attached hydrogens (primary N) is 1. The normalized spacial score (nSPS) is 10.3.